The average Bonchev–Trinajstić information content (AvgIpc) is 2.63. The molecule has 0 aliphatic carbocycles. The Bertz CT molecular complexity index is 446. The van der Waals surface area contributed by atoms with Crippen LogP contribution in [0, 0.1) is 10.8 Å². The molecule has 206 valence electrons. The third kappa shape index (κ3) is 18.3. The lowest BCUT2D eigenvalue weighted by Crippen LogP contribution is -2.58. The summed E-state index contributed by atoms with van der Waals surface area (Å²) in [4.78, 5) is 2.87. The summed E-state index contributed by atoms with van der Waals surface area (Å²) in [5, 5.41) is 0. The molecule has 0 rings (SSSR count). The van der Waals surface area contributed by atoms with Crippen molar-refractivity contribution in [2.75, 3.05) is 6.54 Å². The van der Waals surface area contributed by atoms with Crippen molar-refractivity contribution in [3.8, 4) is 0 Å². The normalized spacial score (nSPS) is 13.8. The summed E-state index contributed by atoms with van der Waals surface area (Å²) in [5.74, 6) is 0. The molecule has 1 heteroatoms. The van der Waals surface area contributed by atoms with Gasteiger partial charge in [0.05, 0.1) is 0 Å². The van der Waals surface area contributed by atoms with Crippen molar-refractivity contribution in [1.29, 1.82) is 0 Å². The fraction of sp³-hybridized carbons (Fsp3) is 1.00. The van der Waals surface area contributed by atoms with Gasteiger partial charge in [-0.2, -0.15) is 0 Å². The second-order valence-corrected chi connectivity index (χ2v) is 15.2. The second kappa shape index (κ2) is 16.7. The van der Waals surface area contributed by atoms with Gasteiger partial charge in [-0.05, 0) is 64.3 Å². The zero-order valence-electron chi connectivity index (χ0n) is 26.2. The first-order valence-electron chi connectivity index (χ1n) is 15.4. The average molecular weight is 480 g/mol. The van der Waals surface area contributed by atoms with Crippen molar-refractivity contribution in [3.05, 3.63) is 0 Å². The third-order valence-corrected chi connectivity index (χ3v) is 7.37. The Morgan fingerprint density at radius 2 is 0.647 bits per heavy atom. The highest BCUT2D eigenvalue weighted by atomic mass is 15.2. The summed E-state index contributed by atoms with van der Waals surface area (Å²) in [5.41, 5.74) is 1.16. The zero-order chi connectivity index (χ0) is 26.3. The van der Waals surface area contributed by atoms with Crippen LogP contribution in [0.4, 0.5) is 0 Å². The van der Waals surface area contributed by atoms with Gasteiger partial charge in [-0.1, -0.05) is 138 Å². The molecule has 0 unspecified atom stereocenters. The number of unbranched alkanes of at least 4 members (excludes halogenated alkanes) is 14. The van der Waals surface area contributed by atoms with Crippen LogP contribution >= 0.6 is 0 Å². The Morgan fingerprint density at radius 3 is 0.912 bits per heavy atom. The van der Waals surface area contributed by atoms with Gasteiger partial charge >= 0.3 is 0 Å². The highest BCUT2D eigenvalue weighted by molar-refractivity contribution is 4.96. The standard InChI is InChI=1S/C33H69N/c1-12-13-14-15-16-17-18-19-20-21-22-23-24-25-26-27-34(32(8,9)28-30(2,3)4)33(10,11)29-31(5,6)7/h12-29H2,1-11H3. The van der Waals surface area contributed by atoms with Crippen molar-refractivity contribution < 1.29 is 0 Å². The minimum atomic E-state index is 0.225. The molecule has 0 atom stereocenters. The molecule has 0 fully saturated rings. The van der Waals surface area contributed by atoms with E-state index in [0.717, 1.165) is 0 Å². The van der Waals surface area contributed by atoms with Crippen LogP contribution < -0.4 is 0 Å². The highest BCUT2D eigenvalue weighted by Crippen LogP contribution is 2.40. The van der Waals surface area contributed by atoms with Crippen LogP contribution in [0.15, 0.2) is 0 Å². The first kappa shape index (κ1) is 34.0. The van der Waals surface area contributed by atoms with E-state index in [4.69, 9.17) is 0 Å². The summed E-state index contributed by atoms with van der Waals surface area (Å²) in [6.45, 7) is 27.9. The molecule has 0 amide bonds. The van der Waals surface area contributed by atoms with Crippen LogP contribution in [0.25, 0.3) is 0 Å². The van der Waals surface area contributed by atoms with E-state index in [2.05, 4.69) is 81.1 Å². The Kier molecular flexibility index (Phi) is 16.6. The SMILES string of the molecule is CCCCCCCCCCCCCCCCCN(C(C)(C)CC(C)(C)C)C(C)(C)CC(C)(C)C. The highest BCUT2D eigenvalue weighted by Gasteiger charge is 2.41. The second-order valence-electron chi connectivity index (χ2n) is 15.2. The van der Waals surface area contributed by atoms with Crippen molar-refractivity contribution >= 4 is 0 Å². The van der Waals surface area contributed by atoms with E-state index < -0.39 is 0 Å². The maximum Gasteiger partial charge on any atom is 0.0163 e. The molecule has 0 spiro atoms. The number of rotatable bonds is 20. The quantitative estimate of drug-likeness (QED) is 0.157. The summed E-state index contributed by atoms with van der Waals surface area (Å²) in [6, 6.07) is 0. The van der Waals surface area contributed by atoms with Gasteiger partial charge in [0.25, 0.3) is 0 Å². The molecule has 0 aromatic rings. The maximum atomic E-state index is 2.87. The maximum absolute atomic E-state index is 2.87. The van der Waals surface area contributed by atoms with Gasteiger partial charge in [0.2, 0.25) is 0 Å². The summed E-state index contributed by atoms with van der Waals surface area (Å²) in [7, 11) is 0. The lowest BCUT2D eigenvalue weighted by Gasteiger charge is -2.52. The van der Waals surface area contributed by atoms with E-state index >= 15 is 0 Å². The largest absolute Gasteiger partial charge is 0.293 e. The molecule has 0 bridgehead atoms. The van der Waals surface area contributed by atoms with Gasteiger partial charge in [0.1, 0.15) is 0 Å². The molecule has 0 aliphatic rings. The molecular formula is C33H69N. The first-order chi connectivity index (χ1) is 15.6. The molecule has 0 saturated heterocycles. The fourth-order valence-corrected chi connectivity index (χ4v) is 6.85. The number of hydrogen-bond acceptors (Lipinski definition) is 1. The lowest BCUT2D eigenvalue weighted by atomic mass is 9.75. The summed E-state index contributed by atoms with van der Waals surface area (Å²) < 4.78 is 0. The summed E-state index contributed by atoms with van der Waals surface area (Å²) in [6.07, 6.45) is 24.0. The van der Waals surface area contributed by atoms with E-state index in [9.17, 15) is 0 Å². The molecule has 34 heavy (non-hydrogen) atoms. The predicted octanol–water partition coefficient (Wildman–Crippen LogP) is 11.6. The van der Waals surface area contributed by atoms with E-state index in [1.807, 2.05) is 0 Å². The monoisotopic (exact) mass is 480 g/mol. The topological polar surface area (TPSA) is 3.24 Å². The molecule has 0 aliphatic heterocycles. The van der Waals surface area contributed by atoms with Crippen LogP contribution in [-0.2, 0) is 0 Å². The van der Waals surface area contributed by atoms with Crippen LogP contribution in [0.5, 0.6) is 0 Å². The van der Waals surface area contributed by atoms with Crippen LogP contribution in [0.1, 0.15) is 185 Å². The van der Waals surface area contributed by atoms with Crippen molar-refractivity contribution in [1.82, 2.24) is 4.90 Å². The van der Waals surface area contributed by atoms with Gasteiger partial charge in [-0.15, -0.1) is 0 Å². The zero-order valence-corrected chi connectivity index (χ0v) is 26.2. The van der Waals surface area contributed by atoms with Crippen LogP contribution in [0.2, 0.25) is 0 Å². The van der Waals surface area contributed by atoms with E-state index in [0.29, 0.717) is 10.8 Å². The van der Waals surface area contributed by atoms with Gasteiger partial charge in [0, 0.05) is 11.1 Å². The molecule has 0 saturated carbocycles. The molecule has 0 heterocycles. The molecule has 0 N–H and O–H groups in total. The smallest absolute Gasteiger partial charge is 0.0163 e. The first-order valence-corrected chi connectivity index (χ1v) is 15.4. The number of nitrogens with zero attached hydrogens (tertiary/aromatic N) is 1. The van der Waals surface area contributed by atoms with Crippen LogP contribution in [0.3, 0.4) is 0 Å². The van der Waals surface area contributed by atoms with E-state index in [1.54, 1.807) is 0 Å². The van der Waals surface area contributed by atoms with E-state index in [-0.39, 0.29) is 11.1 Å². The minimum Gasteiger partial charge on any atom is -0.293 e. The molecule has 0 aromatic heterocycles. The molecular weight excluding hydrogens is 410 g/mol. The van der Waals surface area contributed by atoms with Gasteiger partial charge in [-0.25, -0.2) is 0 Å². The van der Waals surface area contributed by atoms with E-state index in [1.165, 1.54) is 116 Å². The predicted molar refractivity (Wildman–Crippen MR) is 158 cm³/mol. The van der Waals surface area contributed by atoms with Gasteiger partial charge in [0.15, 0.2) is 0 Å². The third-order valence-electron chi connectivity index (χ3n) is 7.37. The molecule has 1 nitrogen and oxygen atoms in total. The Morgan fingerprint density at radius 1 is 0.382 bits per heavy atom. The lowest BCUT2D eigenvalue weighted by molar-refractivity contribution is -0.0266. The Hall–Kier alpha value is -0.0400. The van der Waals surface area contributed by atoms with Crippen molar-refractivity contribution in [2.45, 2.75) is 196 Å². The van der Waals surface area contributed by atoms with Gasteiger partial charge < -0.3 is 0 Å². The molecule has 0 radical (unpaired) electrons. The fourth-order valence-electron chi connectivity index (χ4n) is 6.85. The van der Waals surface area contributed by atoms with Crippen molar-refractivity contribution in [2.24, 2.45) is 10.8 Å². The van der Waals surface area contributed by atoms with Gasteiger partial charge in [-0.3, -0.25) is 4.90 Å². The number of hydrogen-bond donors (Lipinski definition) is 0. The summed E-state index contributed by atoms with van der Waals surface area (Å²) >= 11 is 0. The minimum absolute atomic E-state index is 0.225. The Balaban J connectivity index is 4.27. The molecule has 0 aromatic carbocycles. The van der Waals surface area contributed by atoms with Crippen molar-refractivity contribution in [3.63, 3.8) is 0 Å². The Labute approximate surface area is 218 Å². The van der Waals surface area contributed by atoms with Crippen LogP contribution in [-0.4, -0.2) is 22.5 Å².